The molecule has 0 bridgehead atoms. The van der Waals surface area contributed by atoms with E-state index in [0.29, 0.717) is 34.6 Å². The zero-order chi connectivity index (χ0) is 37.5. The smallest absolute Gasteiger partial charge is 0.414 e. The normalized spacial score (nSPS) is 16.6. The number of alkyl carbamates (subject to hydrolysis) is 1. The number of nitrogens with one attached hydrogen (secondary N) is 1. The highest BCUT2D eigenvalue weighted by atomic mass is 16.6. The minimum atomic E-state index is -0.774. The zero-order valence-electron chi connectivity index (χ0n) is 30.9. The van der Waals surface area contributed by atoms with Gasteiger partial charge >= 0.3 is 12.2 Å². The van der Waals surface area contributed by atoms with E-state index in [0.717, 1.165) is 28.2 Å². The summed E-state index contributed by atoms with van der Waals surface area (Å²) in [5.41, 5.74) is 5.30. The van der Waals surface area contributed by atoms with Crippen molar-refractivity contribution < 1.29 is 28.7 Å². The molecule has 270 valence electrons. The van der Waals surface area contributed by atoms with Gasteiger partial charge < -0.3 is 14.4 Å². The summed E-state index contributed by atoms with van der Waals surface area (Å²) in [6.45, 7) is 15.0. The molecule has 0 spiro atoms. The average Bonchev–Trinajstić information content (AvgIpc) is 3.29. The number of carbonyl (C=O) groups excluding carboxylic acids is 4. The molecule has 11 heteroatoms. The van der Waals surface area contributed by atoms with Crippen molar-refractivity contribution in [3.05, 3.63) is 107 Å². The summed E-state index contributed by atoms with van der Waals surface area (Å²) in [4.78, 5) is 62.9. The molecule has 0 saturated heterocycles. The number of rotatable bonds is 7. The Kier molecular flexibility index (Phi) is 9.57. The first kappa shape index (κ1) is 36.1. The molecule has 1 atom stereocenters. The molecule has 0 radical (unpaired) electrons. The lowest BCUT2D eigenvalue weighted by molar-refractivity contribution is 0.0541. The van der Waals surface area contributed by atoms with Crippen LogP contribution in [0.1, 0.15) is 81.2 Å². The summed E-state index contributed by atoms with van der Waals surface area (Å²) >= 11 is 0. The first-order valence-corrected chi connectivity index (χ1v) is 17.4. The third-order valence-corrected chi connectivity index (χ3v) is 8.71. The second-order valence-electron chi connectivity index (χ2n) is 15.1. The van der Waals surface area contributed by atoms with Crippen molar-refractivity contribution in [3.8, 4) is 0 Å². The molecule has 3 aromatic carbocycles. The van der Waals surface area contributed by atoms with Gasteiger partial charge in [-0.25, -0.2) is 14.6 Å². The monoisotopic (exact) mass is 703 g/mol. The predicted molar refractivity (Wildman–Crippen MR) is 202 cm³/mol. The van der Waals surface area contributed by atoms with Gasteiger partial charge in [0.25, 0.3) is 11.8 Å². The Labute approximate surface area is 304 Å². The van der Waals surface area contributed by atoms with Gasteiger partial charge in [-0.05, 0) is 121 Å². The highest BCUT2D eigenvalue weighted by Gasteiger charge is 2.37. The van der Waals surface area contributed by atoms with Crippen LogP contribution in [0.4, 0.5) is 32.3 Å². The molecule has 1 unspecified atom stereocenters. The van der Waals surface area contributed by atoms with Gasteiger partial charge in [-0.15, -0.1) is 0 Å². The number of hydrogen-bond acceptors (Lipinski definition) is 8. The first-order chi connectivity index (χ1) is 24.5. The Balaban J connectivity index is 1.37. The highest BCUT2D eigenvalue weighted by molar-refractivity contribution is 6.21. The topological polar surface area (TPSA) is 121 Å². The number of amides is 4. The van der Waals surface area contributed by atoms with E-state index in [1.807, 2.05) is 110 Å². The van der Waals surface area contributed by atoms with E-state index >= 15 is 0 Å². The molecule has 4 amide bonds. The number of fused-ring (bicyclic) bond motifs is 3. The van der Waals surface area contributed by atoms with Gasteiger partial charge in [0.15, 0.2) is 0 Å². The maximum Gasteiger partial charge on any atom is 0.414 e. The van der Waals surface area contributed by atoms with E-state index in [2.05, 4.69) is 10.2 Å². The van der Waals surface area contributed by atoms with Crippen LogP contribution in [0.5, 0.6) is 0 Å². The van der Waals surface area contributed by atoms with Crippen molar-refractivity contribution in [1.82, 2.24) is 10.2 Å². The van der Waals surface area contributed by atoms with Gasteiger partial charge in [0.1, 0.15) is 11.2 Å². The lowest BCUT2D eigenvalue weighted by Crippen LogP contribution is -2.42. The van der Waals surface area contributed by atoms with Crippen LogP contribution in [0.15, 0.2) is 95.1 Å². The summed E-state index contributed by atoms with van der Waals surface area (Å²) in [7, 11) is 0. The maximum atomic E-state index is 13.9. The van der Waals surface area contributed by atoms with Crippen LogP contribution >= 0.6 is 0 Å². The van der Waals surface area contributed by atoms with Crippen LogP contribution in [0.3, 0.4) is 0 Å². The fourth-order valence-electron chi connectivity index (χ4n) is 6.50. The number of aliphatic imine (C=N–C) groups is 1. The van der Waals surface area contributed by atoms with Gasteiger partial charge in [0.05, 0.1) is 39.9 Å². The Hall–Kier alpha value is -5.71. The van der Waals surface area contributed by atoms with Crippen LogP contribution < -0.4 is 15.1 Å². The molecule has 1 aliphatic carbocycles. The van der Waals surface area contributed by atoms with Crippen molar-refractivity contribution >= 4 is 52.5 Å². The molecule has 6 rings (SSSR count). The molecule has 0 saturated carbocycles. The van der Waals surface area contributed by atoms with Crippen LogP contribution in [-0.2, 0) is 9.47 Å². The molecule has 3 aromatic rings. The van der Waals surface area contributed by atoms with E-state index in [4.69, 9.17) is 14.5 Å². The van der Waals surface area contributed by atoms with Crippen molar-refractivity contribution in [3.63, 3.8) is 0 Å². The number of ether oxygens (including phenoxy) is 2. The second-order valence-corrected chi connectivity index (χ2v) is 15.1. The zero-order valence-corrected chi connectivity index (χ0v) is 30.9. The summed E-state index contributed by atoms with van der Waals surface area (Å²) < 4.78 is 11.4. The van der Waals surface area contributed by atoms with Crippen LogP contribution in [0, 0.1) is 6.92 Å². The number of nitrogens with zero attached hydrogens (tertiary/aromatic N) is 4. The maximum absolute atomic E-state index is 13.9. The Morgan fingerprint density at radius 1 is 0.865 bits per heavy atom. The summed E-state index contributed by atoms with van der Waals surface area (Å²) in [5, 5.41) is 2.92. The third-order valence-electron chi connectivity index (χ3n) is 8.71. The van der Waals surface area contributed by atoms with Crippen LogP contribution in [0.25, 0.3) is 0 Å². The van der Waals surface area contributed by atoms with Crippen LogP contribution in [-0.4, -0.2) is 64.9 Å². The Morgan fingerprint density at radius 2 is 1.48 bits per heavy atom. The third kappa shape index (κ3) is 7.49. The van der Waals surface area contributed by atoms with Gasteiger partial charge in [0.2, 0.25) is 0 Å². The molecule has 11 nitrogen and oxygen atoms in total. The largest absolute Gasteiger partial charge is 0.444 e. The first-order valence-electron chi connectivity index (χ1n) is 17.4. The molecule has 1 N–H and O–H groups in total. The predicted octanol–water partition coefficient (Wildman–Crippen LogP) is 8.38. The number of imide groups is 1. The number of hydrogen-bond donors (Lipinski definition) is 1. The van der Waals surface area contributed by atoms with E-state index in [-0.39, 0.29) is 24.9 Å². The minimum Gasteiger partial charge on any atom is -0.444 e. The lowest BCUT2D eigenvalue weighted by Gasteiger charge is -2.39. The van der Waals surface area contributed by atoms with Crippen molar-refractivity contribution in [2.24, 2.45) is 4.99 Å². The number of benzene rings is 3. The number of aryl methyl sites for hydroxylation is 1. The molecular weight excluding hydrogens is 658 g/mol. The van der Waals surface area contributed by atoms with E-state index < -0.39 is 29.4 Å². The lowest BCUT2D eigenvalue weighted by atomic mass is 9.93. The average molecular weight is 704 g/mol. The molecule has 0 aromatic heterocycles. The number of carbonyl (C=O) groups is 4. The fourth-order valence-corrected chi connectivity index (χ4v) is 6.50. The fraction of sp³-hybridized carbons (Fsp3) is 0.341. The number of allylic oxidation sites excluding steroid dienone is 1. The summed E-state index contributed by atoms with van der Waals surface area (Å²) in [6, 6.07) is 20.1. The Bertz CT molecular complexity index is 2000. The molecule has 0 fully saturated rings. The van der Waals surface area contributed by atoms with E-state index in [9.17, 15) is 19.2 Å². The molecular formula is C41H45N5O6. The summed E-state index contributed by atoms with van der Waals surface area (Å²) in [6.07, 6.45) is 3.14. The van der Waals surface area contributed by atoms with Crippen molar-refractivity contribution in [1.29, 1.82) is 0 Å². The SMILES string of the molecule is CC1=CC2=Nc3cc(C)c(N(CCCN4C(=O)c5ccccc5C4=O)C(=O)OC(C)(C)C)cc3N(c3ccccc3)C2C=C1NC(=O)OC(C)(C)C. The number of anilines is 3. The van der Waals surface area contributed by atoms with E-state index in [1.165, 1.54) is 4.90 Å². The highest BCUT2D eigenvalue weighted by Crippen LogP contribution is 2.45. The van der Waals surface area contributed by atoms with Crippen molar-refractivity contribution in [2.45, 2.75) is 79.1 Å². The van der Waals surface area contributed by atoms with E-state index in [1.54, 1.807) is 29.2 Å². The van der Waals surface area contributed by atoms with Gasteiger partial charge in [-0.1, -0.05) is 30.3 Å². The molecule has 3 aliphatic rings. The van der Waals surface area contributed by atoms with Crippen LogP contribution in [0.2, 0.25) is 0 Å². The summed E-state index contributed by atoms with van der Waals surface area (Å²) in [5.74, 6) is -0.682. The number of para-hydroxylation sites is 1. The van der Waals surface area contributed by atoms with Crippen molar-refractivity contribution in [2.75, 3.05) is 22.9 Å². The molecule has 2 heterocycles. The minimum absolute atomic E-state index is 0.130. The van der Waals surface area contributed by atoms with Gasteiger partial charge in [0, 0.05) is 24.5 Å². The molecule has 52 heavy (non-hydrogen) atoms. The second kappa shape index (κ2) is 13.8. The quantitative estimate of drug-likeness (QED) is 0.246. The standard InChI is InChI=1S/C41H45N5O6/c1-25-21-31-34(23-30(25)43-38(49)51-40(3,4)5)46(27-15-10-9-11-16-27)35-24-33(26(2)22-32(35)42-31)44(39(50)52-41(6,7)8)19-14-20-45-36(47)28-17-12-13-18-29(28)37(45)48/h9-13,15-18,21-24,34H,14,19-20H2,1-8H3,(H,43,49). The molecule has 2 aliphatic heterocycles. The Morgan fingerprint density at radius 3 is 2.10 bits per heavy atom. The van der Waals surface area contributed by atoms with Gasteiger partial charge in [-0.3, -0.25) is 24.7 Å². The van der Waals surface area contributed by atoms with Gasteiger partial charge in [-0.2, -0.15) is 0 Å².